The van der Waals surface area contributed by atoms with Gasteiger partial charge < -0.3 is 10.1 Å². The molecule has 4 rings (SSSR count). The molecule has 1 aromatic heterocycles. The van der Waals surface area contributed by atoms with Crippen molar-refractivity contribution in [2.45, 2.75) is 77.3 Å². The van der Waals surface area contributed by atoms with Gasteiger partial charge in [-0.3, -0.25) is 14.8 Å². The van der Waals surface area contributed by atoms with Gasteiger partial charge >= 0.3 is 6.18 Å². The number of ether oxygens (including phenoxy) is 1. The highest BCUT2D eigenvalue weighted by molar-refractivity contribution is 5.83. The molecule has 172 valence electrons. The van der Waals surface area contributed by atoms with Crippen LogP contribution in [0.5, 0.6) is 0 Å². The van der Waals surface area contributed by atoms with Crippen molar-refractivity contribution in [2.24, 2.45) is 11.3 Å². The summed E-state index contributed by atoms with van der Waals surface area (Å²) in [5, 5.41) is 5.23. The summed E-state index contributed by atoms with van der Waals surface area (Å²) in [5.74, 6) is 0.103. The van der Waals surface area contributed by atoms with Crippen molar-refractivity contribution in [2.75, 3.05) is 13.2 Å². The highest BCUT2D eigenvalue weighted by atomic mass is 19.4. The van der Waals surface area contributed by atoms with Crippen molar-refractivity contribution in [3.8, 4) is 0 Å². The molecule has 2 atom stereocenters. The Morgan fingerprint density at radius 2 is 2.03 bits per heavy atom. The van der Waals surface area contributed by atoms with E-state index in [0.717, 1.165) is 57.6 Å². The van der Waals surface area contributed by atoms with Gasteiger partial charge in [-0.1, -0.05) is 13.8 Å². The van der Waals surface area contributed by atoms with E-state index in [0.29, 0.717) is 17.3 Å². The summed E-state index contributed by atoms with van der Waals surface area (Å²) in [5.41, 5.74) is 2.80. The number of carbonyl (C=O) groups excluding carboxylic acids is 1. The zero-order valence-corrected chi connectivity index (χ0v) is 18.1. The number of amides is 1. The maximum absolute atomic E-state index is 13.7. The van der Waals surface area contributed by atoms with E-state index < -0.39 is 17.2 Å². The Morgan fingerprint density at radius 3 is 2.71 bits per heavy atom. The zero-order chi connectivity index (χ0) is 22.2. The molecule has 2 aliphatic heterocycles. The van der Waals surface area contributed by atoms with E-state index in [-0.39, 0.29) is 31.0 Å². The summed E-state index contributed by atoms with van der Waals surface area (Å²) >= 11 is 0. The second-order valence-corrected chi connectivity index (χ2v) is 9.36. The van der Waals surface area contributed by atoms with Crippen molar-refractivity contribution < 1.29 is 22.7 Å². The predicted molar refractivity (Wildman–Crippen MR) is 109 cm³/mol. The third-order valence-corrected chi connectivity index (χ3v) is 7.17. The molecule has 1 amide bonds. The standard InChI is InChI=1S/C22H31F3N4O2/c1-14(2)21(6-3-18(10-21)28-17-4-7-31-8-5-17)20(30)29-13-15-9-16(22(23,24)25)11-26-19(15)12-27-29/h9,11,14,17-18,27-28H,3-8,10,12-13H2,1-2H3/t18-,21+/m1/s1. The fraction of sp³-hybridized carbons (Fsp3) is 0.727. The number of alkyl halides is 3. The maximum Gasteiger partial charge on any atom is 0.417 e. The van der Waals surface area contributed by atoms with Gasteiger partial charge in [0.1, 0.15) is 0 Å². The third kappa shape index (κ3) is 4.59. The molecule has 6 nitrogen and oxygen atoms in total. The Balaban J connectivity index is 1.48. The molecule has 31 heavy (non-hydrogen) atoms. The summed E-state index contributed by atoms with van der Waals surface area (Å²) in [7, 11) is 0. The van der Waals surface area contributed by atoms with Crippen LogP contribution in [0.3, 0.4) is 0 Å². The molecule has 1 saturated heterocycles. The van der Waals surface area contributed by atoms with Crippen LogP contribution in [0.2, 0.25) is 0 Å². The van der Waals surface area contributed by atoms with Crippen LogP contribution in [-0.2, 0) is 28.8 Å². The molecule has 0 spiro atoms. The topological polar surface area (TPSA) is 66.5 Å². The molecule has 1 aromatic rings. The molecule has 1 aliphatic carbocycles. The number of nitrogens with zero attached hydrogens (tertiary/aromatic N) is 2. The minimum Gasteiger partial charge on any atom is -0.381 e. The molecule has 9 heteroatoms. The molecule has 0 unspecified atom stereocenters. The van der Waals surface area contributed by atoms with Gasteiger partial charge in [0, 0.05) is 31.5 Å². The summed E-state index contributed by atoms with van der Waals surface area (Å²) in [4.78, 5) is 17.6. The van der Waals surface area contributed by atoms with E-state index in [4.69, 9.17) is 4.74 Å². The summed E-state index contributed by atoms with van der Waals surface area (Å²) < 4.78 is 44.8. The highest BCUT2D eigenvalue weighted by Crippen LogP contribution is 2.46. The average Bonchev–Trinajstić information content (AvgIpc) is 3.17. The normalized spacial score (nSPS) is 27.5. The first-order chi connectivity index (χ1) is 14.7. The second kappa shape index (κ2) is 8.67. The molecule has 3 heterocycles. The fourth-order valence-corrected chi connectivity index (χ4v) is 5.18. The van der Waals surface area contributed by atoms with Crippen molar-refractivity contribution >= 4 is 5.91 Å². The van der Waals surface area contributed by atoms with Gasteiger partial charge in [0.15, 0.2) is 0 Å². The molecular weight excluding hydrogens is 409 g/mol. The van der Waals surface area contributed by atoms with E-state index in [9.17, 15) is 18.0 Å². The predicted octanol–water partition coefficient (Wildman–Crippen LogP) is 3.41. The van der Waals surface area contributed by atoms with Crippen LogP contribution in [0, 0.1) is 11.3 Å². The molecule has 0 aromatic carbocycles. The smallest absolute Gasteiger partial charge is 0.381 e. The first kappa shape index (κ1) is 22.5. The minimum absolute atomic E-state index is 0.0261. The number of fused-ring (bicyclic) bond motifs is 1. The number of halogens is 3. The Morgan fingerprint density at radius 1 is 1.29 bits per heavy atom. The van der Waals surface area contributed by atoms with Crippen LogP contribution in [0.4, 0.5) is 13.2 Å². The number of carbonyl (C=O) groups is 1. The number of nitrogens with one attached hydrogen (secondary N) is 2. The maximum atomic E-state index is 13.7. The van der Waals surface area contributed by atoms with Gasteiger partial charge in [-0.15, -0.1) is 0 Å². The molecule has 1 saturated carbocycles. The third-order valence-electron chi connectivity index (χ3n) is 7.17. The van der Waals surface area contributed by atoms with Gasteiger partial charge in [0.25, 0.3) is 0 Å². The number of hydrogen-bond donors (Lipinski definition) is 2. The number of rotatable bonds is 4. The van der Waals surface area contributed by atoms with Crippen molar-refractivity contribution in [1.82, 2.24) is 20.7 Å². The Kier molecular flexibility index (Phi) is 6.29. The zero-order valence-electron chi connectivity index (χ0n) is 18.1. The van der Waals surface area contributed by atoms with Crippen LogP contribution in [-0.4, -0.2) is 41.2 Å². The fourth-order valence-electron chi connectivity index (χ4n) is 5.18. The molecule has 2 fully saturated rings. The average molecular weight is 441 g/mol. The van der Waals surface area contributed by atoms with E-state index in [1.54, 1.807) is 0 Å². The largest absolute Gasteiger partial charge is 0.417 e. The van der Waals surface area contributed by atoms with Crippen LogP contribution >= 0.6 is 0 Å². The number of aromatic nitrogens is 1. The van der Waals surface area contributed by atoms with E-state index in [2.05, 4.69) is 29.6 Å². The Labute approximate surface area is 180 Å². The lowest BCUT2D eigenvalue weighted by Crippen LogP contribution is -2.53. The second-order valence-electron chi connectivity index (χ2n) is 9.36. The molecule has 3 aliphatic rings. The lowest BCUT2D eigenvalue weighted by Gasteiger charge is -2.39. The highest BCUT2D eigenvalue weighted by Gasteiger charge is 2.50. The van der Waals surface area contributed by atoms with Gasteiger partial charge in [-0.25, -0.2) is 5.43 Å². The molecule has 2 N–H and O–H groups in total. The van der Waals surface area contributed by atoms with Gasteiger partial charge in [0.05, 0.1) is 29.8 Å². The van der Waals surface area contributed by atoms with Gasteiger partial charge in [-0.05, 0) is 49.7 Å². The summed E-state index contributed by atoms with van der Waals surface area (Å²) in [6.45, 7) is 6.01. The number of hydrazine groups is 1. The lowest BCUT2D eigenvalue weighted by molar-refractivity contribution is -0.150. The quantitative estimate of drug-likeness (QED) is 0.751. The Bertz CT molecular complexity index is 810. The van der Waals surface area contributed by atoms with Crippen LogP contribution in [0.25, 0.3) is 0 Å². The molecular formula is C22H31F3N4O2. The van der Waals surface area contributed by atoms with Gasteiger partial charge in [-0.2, -0.15) is 13.2 Å². The number of hydrogen-bond acceptors (Lipinski definition) is 5. The monoisotopic (exact) mass is 440 g/mol. The van der Waals surface area contributed by atoms with E-state index in [1.807, 2.05) is 0 Å². The van der Waals surface area contributed by atoms with Crippen molar-refractivity contribution in [3.05, 3.63) is 29.1 Å². The van der Waals surface area contributed by atoms with E-state index in [1.165, 1.54) is 5.01 Å². The first-order valence-electron chi connectivity index (χ1n) is 11.1. The van der Waals surface area contributed by atoms with Gasteiger partial charge in [0.2, 0.25) is 5.91 Å². The SMILES string of the molecule is CC(C)[C@]1(C(=O)N2Cc3cc(C(F)(F)F)cnc3CN2)CC[C@@H](NC2CCOCC2)C1. The van der Waals surface area contributed by atoms with Crippen LogP contribution < -0.4 is 10.7 Å². The number of pyridine rings is 1. The summed E-state index contributed by atoms with van der Waals surface area (Å²) in [6, 6.07) is 1.81. The molecule has 0 bridgehead atoms. The van der Waals surface area contributed by atoms with Crippen molar-refractivity contribution in [1.29, 1.82) is 0 Å². The van der Waals surface area contributed by atoms with E-state index >= 15 is 0 Å². The van der Waals surface area contributed by atoms with Crippen molar-refractivity contribution in [3.63, 3.8) is 0 Å². The Hall–Kier alpha value is -1.71. The minimum atomic E-state index is -4.45. The summed E-state index contributed by atoms with van der Waals surface area (Å²) in [6.07, 6.45) is 0.817. The molecule has 0 radical (unpaired) electrons. The van der Waals surface area contributed by atoms with Crippen LogP contribution in [0.15, 0.2) is 12.3 Å². The lowest BCUT2D eigenvalue weighted by atomic mass is 9.74. The van der Waals surface area contributed by atoms with Crippen LogP contribution in [0.1, 0.15) is 62.8 Å². The first-order valence-corrected chi connectivity index (χ1v) is 11.1.